The summed E-state index contributed by atoms with van der Waals surface area (Å²) in [6.45, 7) is 1.86. The lowest BCUT2D eigenvalue weighted by atomic mass is 10.2. The van der Waals surface area contributed by atoms with Gasteiger partial charge in [-0.25, -0.2) is 4.79 Å². The first-order valence-electron chi connectivity index (χ1n) is 5.34. The molecule has 0 aliphatic carbocycles. The zero-order valence-electron chi connectivity index (χ0n) is 9.42. The van der Waals surface area contributed by atoms with Gasteiger partial charge in [-0.15, -0.1) is 0 Å². The standard InChI is InChI=1S/C11H14N2O4/c1-7-4-13(11(16)12-10(7)15)8-2-3-9(5-14)17-6-8/h2-4,8-9,14H,5-6H2,1H3,(H,12,15,16)/t8-,9-/m0/s1. The average molecular weight is 238 g/mol. The topological polar surface area (TPSA) is 84.3 Å². The molecule has 2 heterocycles. The molecule has 0 saturated carbocycles. The molecule has 1 aliphatic heterocycles. The van der Waals surface area contributed by atoms with Gasteiger partial charge in [0.2, 0.25) is 0 Å². The fraction of sp³-hybridized carbons (Fsp3) is 0.455. The Kier molecular flexibility index (Phi) is 3.26. The van der Waals surface area contributed by atoms with E-state index >= 15 is 0 Å². The van der Waals surface area contributed by atoms with Gasteiger partial charge in [0.1, 0.15) is 0 Å². The molecule has 0 unspecified atom stereocenters. The van der Waals surface area contributed by atoms with Gasteiger partial charge in [0.15, 0.2) is 0 Å². The van der Waals surface area contributed by atoms with Crippen molar-refractivity contribution in [2.75, 3.05) is 13.2 Å². The normalized spacial score (nSPS) is 23.9. The Morgan fingerprint density at radius 2 is 2.29 bits per heavy atom. The van der Waals surface area contributed by atoms with E-state index in [1.165, 1.54) is 10.8 Å². The molecule has 0 saturated heterocycles. The van der Waals surface area contributed by atoms with E-state index in [-0.39, 0.29) is 24.3 Å². The lowest BCUT2D eigenvalue weighted by Crippen LogP contribution is -2.36. The van der Waals surface area contributed by atoms with E-state index in [0.29, 0.717) is 12.2 Å². The molecule has 0 radical (unpaired) electrons. The number of nitrogens with zero attached hydrogens (tertiary/aromatic N) is 1. The Hall–Kier alpha value is -1.66. The Labute approximate surface area is 97.2 Å². The summed E-state index contributed by atoms with van der Waals surface area (Å²) in [6, 6.07) is -0.249. The minimum Gasteiger partial charge on any atom is -0.393 e. The lowest BCUT2D eigenvalue weighted by molar-refractivity contribution is 0.0217. The number of hydrogen-bond acceptors (Lipinski definition) is 4. The zero-order chi connectivity index (χ0) is 12.4. The van der Waals surface area contributed by atoms with Crippen molar-refractivity contribution in [1.29, 1.82) is 0 Å². The van der Waals surface area contributed by atoms with Crippen LogP contribution in [0.2, 0.25) is 0 Å². The number of aliphatic hydroxyl groups excluding tert-OH is 1. The van der Waals surface area contributed by atoms with Gasteiger partial charge < -0.3 is 9.84 Å². The highest BCUT2D eigenvalue weighted by Crippen LogP contribution is 2.14. The van der Waals surface area contributed by atoms with Crippen molar-refractivity contribution < 1.29 is 9.84 Å². The molecule has 1 aromatic rings. The monoisotopic (exact) mass is 238 g/mol. The third-order valence-electron chi connectivity index (χ3n) is 2.71. The molecule has 2 N–H and O–H groups in total. The van der Waals surface area contributed by atoms with E-state index in [1.807, 2.05) is 0 Å². The minimum atomic E-state index is -0.457. The molecule has 17 heavy (non-hydrogen) atoms. The molecule has 6 nitrogen and oxygen atoms in total. The quantitative estimate of drug-likeness (QED) is 0.669. The molecule has 0 amide bonds. The van der Waals surface area contributed by atoms with E-state index in [2.05, 4.69) is 4.98 Å². The van der Waals surface area contributed by atoms with Gasteiger partial charge in [-0.05, 0) is 6.92 Å². The van der Waals surface area contributed by atoms with Crippen LogP contribution >= 0.6 is 0 Å². The van der Waals surface area contributed by atoms with Crippen molar-refractivity contribution in [2.45, 2.75) is 19.1 Å². The largest absolute Gasteiger partial charge is 0.393 e. The summed E-state index contributed by atoms with van der Waals surface area (Å²) < 4.78 is 6.75. The van der Waals surface area contributed by atoms with Crippen LogP contribution in [0, 0.1) is 6.92 Å². The maximum absolute atomic E-state index is 11.6. The summed E-state index contributed by atoms with van der Waals surface area (Å²) in [5.74, 6) is 0. The number of nitrogens with one attached hydrogen (secondary N) is 1. The molecular formula is C11H14N2O4. The molecule has 0 aromatic carbocycles. The highest BCUT2D eigenvalue weighted by atomic mass is 16.5. The predicted molar refractivity (Wildman–Crippen MR) is 61.1 cm³/mol. The number of hydrogen-bond donors (Lipinski definition) is 2. The van der Waals surface area contributed by atoms with Gasteiger partial charge in [0, 0.05) is 11.8 Å². The van der Waals surface area contributed by atoms with E-state index in [9.17, 15) is 9.59 Å². The highest BCUT2D eigenvalue weighted by Gasteiger charge is 2.18. The first-order valence-corrected chi connectivity index (χ1v) is 5.34. The van der Waals surface area contributed by atoms with Crippen LogP contribution in [-0.4, -0.2) is 34.0 Å². The molecule has 2 rings (SSSR count). The third kappa shape index (κ3) is 2.37. The molecule has 1 aliphatic rings. The van der Waals surface area contributed by atoms with Gasteiger partial charge in [-0.3, -0.25) is 14.3 Å². The number of H-pyrrole nitrogens is 1. The lowest BCUT2D eigenvalue weighted by Gasteiger charge is -2.23. The zero-order valence-corrected chi connectivity index (χ0v) is 9.42. The molecule has 0 fully saturated rings. The number of aromatic amines is 1. The summed E-state index contributed by atoms with van der Waals surface area (Å²) >= 11 is 0. The van der Waals surface area contributed by atoms with Crippen molar-refractivity contribution >= 4 is 0 Å². The van der Waals surface area contributed by atoms with E-state index < -0.39 is 5.69 Å². The Morgan fingerprint density at radius 1 is 1.53 bits per heavy atom. The summed E-state index contributed by atoms with van der Waals surface area (Å²) in [5.41, 5.74) is -0.358. The maximum atomic E-state index is 11.6. The highest BCUT2D eigenvalue weighted by molar-refractivity contribution is 5.06. The summed E-state index contributed by atoms with van der Waals surface area (Å²) in [6.07, 6.45) is 4.70. The van der Waals surface area contributed by atoms with Crippen LogP contribution in [0.25, 0.3) is 0 Å². The SMILES string of the molecule is Cc1cn([C@H]2C=C[C@@H](CO)OC2)c(=O)[nH]c1=O. The second-order valence-corrected chi connectivity index (χ2v) is 3.99. The summed E-state index contributed by atoms with van der Waals surface area (Å²) in [7, 11) is 0. The Morgan fingerprint density at radius 3 is 2.88 bits per heavy atom. The molecule has 2 atom stereocenters. The van der Waals surface area contributed by atoms with Crippen LogP contribution in [-0.2, 0) is 4.74 Å². The number of aryl methyl sites for hydroxylation is 1. The Bertz CT molecular complexity index is 543. The molecule has 6 heteroatoms. The van der Waals surface area contributed by atoms with Crippen molar-refractivity contribution in [3.05, 3.63) is 44.8 Å². The van der Waals surface area contributed by atoms with E-state index in [0.717, 1.165) is 0 Å². The first kappa shape index (κ1) is 11.8. The van der Waals surface area contributed by atoms with Crippen molar-refractivity contribution in [3.8, 4) is 0 Å². The van der Waals surface area contributed by atoms with Gasteiger partial charge in [-0.1, -0.05) is 12.2 Å². The van der Waals surface area contributed by atoms with E-state index in [4.69, 9.17) is 9.84 Å². The summed E-state index contributed by atoms with van der Waals surface area (Å²) in [5, 5.41) is 8.89. The fourth-order valence-electron chi connectivity index (χ4n) is 1.70. The number of ether oxygens (including phenoxy) is 1. The number of aromatic nitrogens is 2. The first-order chi connectivity index (χ1) is 8.11. The van der Waals surface area contributed by atoms with Crippen LogP contribution < -0.4 is 11.2 Å². The maximum Gasteiger partial charge on any atom is 0.328 e. The van der Waals surface area contributed by atoms with Gasteiger partial charge >= 0.3 is 5.69 Å². The average Bonchev–Trinajstić information content (AvgIpc) is 2.34. The molecular weight excluding hydrogens is 224 g/mol. The second kappa shape index (κ2) is 4.68. The fourth-order valence-corrected chi connectivity index (χ4v) is 1.70. The third-order valence-corrected chi connectivity index (χ3v) is 2.71. The summed E-state index contributed by atoms with van der Waals surface area (Å²) in [4.78, 5) is 25.1. The minimum absolute atomic E-state index is 0.0806. The van der Waals surface area contributed by atoms with Gasteiger partial charge in [0.05, 0.1) is 25.4 Å². The smallest absolute Gasteiger partial charge is 0.328 e. The predicted octanol–water partition coefficient (Wildman–Crippen LogP) is -0.667. The van der Waals surface area contributed by atoms with Crippen molar-refractivity contribution in [2.24, 2.45) is 0 Å². The Balaban J connectivity index is 2.33. The van der Waals surface area contributed by atoms with Gasteiger partial charge in [-0.2, -0.15) is 0 Å². The van der Waals surface area contributed by atoms with Crippen LogP contribution in [0.3, 0.4) is 0 Å². The van der Waals surface area contributed by atoms with Crippen molar-refractivity contribution in [1.82, 2.24) is 9.55 Å². The molecule has 92 valence electrons. The molecule has 0 spiro atoms. The molecule has 0 bridgehead atoms. The van der Waals surface area contributed by atoms with Crippen LogP contribution in [0.15, 0.2) is 27.9 Å². The van der Waals surface area contributed by atoms with Crippen LogP contribution in [0.1, 0.15) is 11.6 Å². The number of rotatable bonds is 2. The second-order valence-electron chi connectivity index (χ2n) is 3.99. The number of aliphatic hydroxyl groups is 1. The molecule has 1 aromatic heterocycles. The van der Waals surface area contributed by atoms with Gasteiger partial charge in [0.25, 0.3) is 5.56 Å². The van der Waals surface area contributed by atoms with Crippen LogP contribution in [0.4, 0.5) is 0 Å². The van der Waals surface area contributed by atoms with E-state index in [1.54, 1.807) is 19.1 Å². The van der Waals surface area contributed by atoms with Crippen molar-refractivity contribution in [3.63, 3.8) is 0 Å². The van der Waals surface area contributed by atoms with Crippen LogP contribution in [0.5, 0.6) is 0 Å².